The first-order valence-electron chi connectivity index (χ1n) is 6.14. The lowest BCUT2D eigenvalue weighted by atomic mass is 9.85. The van der Waals surface area contributed by atoms with Crippen LogP contribution in [0.25, 0.3) is 6.08 Å². The summed E-state index contributed by atoms with van der Waals surface area (Å²) in [6, 6.07) is 0. The Morgan fingerprint density at radius 3 is 2.17 bits per heavy atom. The van der Waals surface area contributed by atoms with Crippen LogP contribution in [0.4, 0.5) is 0 Å². The van der Waals surface area contributed by atoms with Gasteiger partial charge in [-0.1, -0.05) is 19.1 Å². The highest BCUT2D eigenvalue weighted by molar-refractivity contribution is 5.74. The molecule has 0 aromatic heterocycles. The van der Waals surface area contributed by atoms with Gasteiger partial charge in [-0.05, 0) is 19.3 Å². The molecule has 1 aromatic carbocycles. The Labute approximate surface area is 108 Å². The van der Waals surface area contributed by atoms with Crippen LogP contribution in [0.3, 0.4) is 0 Å². The molecule has 0 bridgehead atoms. The minimum Gasteiger partial charge on any atom is -0.496 e. The Balaban J connectivity index is 2.82. The Hall–Kier alpha value is -1.64. The van der Waals surface area contributed by atoms with Gasteiger partial charge in [0.2, 0.25) is 0 Å². The van der Waals surface area contributed by atoms with Gasteiger partial charge in [0, 0.05) is 16.7 Å². The first kappa shape index (κ1) is 12.8. The topological polar surface area (TPSA) is 27.7 Å². The van der Waals surface area contributed by atoms with E-state index in [1.165, 1.54) is 5.56 Å². The molecule has 0 aliphatic heterocycles. The molecule has 18 heavy (non-hydrogen) atoms. The molecule has 0 spiro atoms. The monoisotopic (exact) mass is 248 g/mol. The predicted molar refractivity (Wildman–Crippen MR) is 72.9 cm³/mol. The smallest absolute Gasteiger partial charge is 0.167 e. The van der Waals surface area contributed by atoms with Crippen LogP contribution in [0.2, 0.25) is 0 Å². The first-order valence-corrected chi connectivity index (χ1v) is 6.14. The van der Waals surface area contributed by atoms with E-state index in [2.05, 4.69) is 19.1 Å². The van der Waals surface area contributed by atoms with Gasteiger partial charge in [0.15, 0.2) is 11.5 Å². The molecule has 0 heterocycles. The normalized spacial score (nSPS) is 17.3. The number of hydrogen-bond donors (Lipinski definition) is 0. The van der Waals surface area contributed by atoms with Gasteiger partial charge in [-0.2, -0.15) is 0 Å². The van der Waals surface area contributed by atoms with Crippen LogP contribution in [0.1, 0.15) is 36.0 Å². The van der Waals surface area contributed by atoms with E-state index in [0.29, 0.717) is 5.92 Å². The van der Waals surface area contributed by atoms with Crippen molar-refractivity contribution in [2.45, 2.75) is 26.2 Å². The van der Waals surface area contributed by atoms with Gasteiger partial charge in [-0.3, -0.25) is 0 Å². The van der Waals surface area contributed by atoms with Crippen molar-refractivity contribution in [3.8, 4) is 17.2 Å². The van der Waals surface area contributed by atoms with E-state index in [1.54, 1.807) is 21.3 Å². The lowest BCUT2D eigenvalue weighted by Crippen LogP contribution is -2.08. The molecule has 0 unspecified atom stereocenters. The van der Waals surface area contributed by atoms with Crippen molar-refractivity contribution in [3.63, 3.8) is 0 Å². The number of benzene rings is 1. The van der Waals surface area contributed by atoms with Crippen LogP contribution in [-0.2, 0) is 0 Å². The maximum Gasteiger partial charge on any atom is 0.167 e. The summed E-state index contributed by atoms with van der Waals surface area (Å²) in [5.74, 6) is 2.90. The molecule has 0 fully saturated rings. The van der Waals surface area contributed by atoms with Crippen molar-refractivity contribution in [2.75, 3.05) is 21.3 Å². The van der Waals surface area contributed by atoms with Gasteiger partial charge in [0.1, 0.15) is 5.75 Å². The van der Waals surface area contributed by atoms with Gasteiger partial charge in [0.05, 0.1) is 21.3 Å². The minimum atomic E-state index is 0.406. The van der Waals surface area contributed by atoms with Gasteiger partial charge >= 0.3 is 0 Å². The van der Waals surface area contributed by atoms with Gasteiger partial charge in [-0.15, -0.1) is 0 Å². The second-order valence-corrected chi connectivity index (χ2v) is 4.59. The van der Waals surface area contributed by atoms with E-state index >= 15 is 0 Å². The molecule has 2 rings (SSSR count). The summed E-state index contributed by atoms with van der Waals surface area (Å²) in [5, 5.41) is 0. The van der Waals surface area contributed by atoms with Crippen molar-refractivity contribution in [1.82, 2.24) is 0 Å². The maximum absolute atomic E-state index is 5.57. The Kier molecular flexibility index (Phi) is 3.50. The zero-order chi connectivity index (χ0) is 13.3. The standard InChI is InChI=1S/C15H20O3/c1-9-7-6-8-11-12(9)15(18-5)14(17-4)10(2)13(11)16-3/h6,8-9H,7H2,1-5H3/t9-/m0/s1. The fraction of sp³-hybridized carbons (Fsp3) is 0.467. The van der Waals surface area contributed by atoms with Gasteiger partial charge in [0.25, 0.3) is 0 Å². The molecule has 3 heteroatoms. The van der Waals surface area contributed by atoms with Crippen molar-refractivity contribution in [3.05, 3.63) is 22.8 Å². The van der Waals surface area contributed by atoms with Crippen LogP contribution in [0.15, 0.2) is 6.08 Å². The molecule has 0 saturated heterocycles. The number of fused-ring (bicyclic) bond motifs is 1. The van der Waals surface area contributed by atoms with Crippen molar-refractivity contribution < 1.29 is 14.2 Å². The maximum atomic E-state index is 5.57. The summed E-state index contributed by atoms with van der Waals surface area (Å²) in [6.07, 6.45) is 5.31. The summed E-state index contributed by atoms with van der Waals surface area (Å²) in [7, 11) is 5.05. The van der Waals surface area contributed by atoms with Crippen molar-refractivity contribution in [2.24, 2.45) is 0 Å². The Morgan fingerprint density at radius 1 is 1.00 bits per heavy atom. The summed E-state index contributed by atoms with van der Waals surface area (Å²) in [4.78, 5) is 0. The summed E-state index contributed by atoms with van der Waals surface area (Å²) < 4.78 is 16.6. The Bertz CT molecular complexity index is 489. The second kappa shape index (κ2) is 4.92. The van der Waals surface area contributed by atoms with Crippen LogP contribution in [-0.4, -0.2) is 21.3 Å². The van der Waals surface area contributed by atoms with Crippen LogP contribution in [0, 0.1) is 6.92 Å². The fourth-order valence-corrected chi connectivity index (χ4v) is 2.72. The lowest BCUT2D eigenvalue weighted by molar-refractivity contribution is 0.340. The zero-order valence-corrected chi connectivity index (χ0v) is 11.7. The van der Waals surface area contributed by atoms with Gasteiger partial charge in [-0.25, -0.2) is 0 Å². The lowest BCUT2D eigenvalue weighted by Gasteiger charge is -2.26. The average molecular weight is 248 g/mol. The highest BCUT2D eigenvalue weighted by Gasteiger charge is 2.27. The SMILES string of the molecule is COc1c(C)c(OC)c(OC)c2c1C=CC[C@@H]2C. The second-order valence-electron chi connectivity index (χ2n) is 4.59. The molecular weight excluding hydrogens is 228 g/mol. The number of rotatable bonds is 3. The molecule has 0 amide bonds. The largest absolute Gasteiger partial charge is 0.496 e. The van der Waals surface area contributed by atoms with Gasteiger partial charge < -0.3 is 14.2 Å². The fourth-order valence-electron chi connectivity index (χ4n) is 2.72. The van der Waals surface area contributed by atoms with E-state index in [9.17, 15) is 0 Å². The van der Waals surface area contributed by atoms with Crippen LogP contribution >= 0.6 is 0 Å². The quantitative estimate of drug-likeness (QED) is 0.818. The molecule has 1 atom stereocenters. The number of hydrogen-bond acceptors (Lipinski definition) is 3. The third-order valence-electron chi connectivity index (χ3n) is 3.55. The molecule has 1 aliphatic carbocycles. The summed E-state index contributed by atoms with van der Waals surface area (Å²) in [5.41, 5.74) is 3.28. The first-order chi connectivity index (χ1) is 8.65. The number of methoxy groups -OCH3 is 3. The molecule has 0 saturated carbocycles. The molecular formula is C15H20O3. The van der Waals surface area contributed by atoms with E-state index in [1.807, 2.05) is 6.92 Å². The van der Waals surface area contributed by atoms with Crippen molar-refractivity contribution in [1.29, 1.82) is 0 Å². The third-order valence-corrected chi connectivity index (χ3v) is 3.55. The van der Waals surface area contributed by atoms with E-state index in [4.69, 9.17) is 14.2 Å². The van der Waals surface area contributed by atoms with E-state index in [-0.39, 0.29) is 0 Å². The summed E-state index contributed by atoms with van der Waals surface area (Å²) in [6.45, 7) is 4.19. The molecule has 98 valence electrons. The molecule has 1 aliphatic rings. The predicted octanol–water partition coefficient (Wildman–Crippen LogP) is 3.54. The molecule has 1 aromatic rings. The Morgan fingerprint density at radius 2 is 1.61 bits per heavy atom. The number of ether oxygens (including phenoxy) is 3. The molecule has 0 radical (unpaired) electrons. The highest BCUT2D eigenvalue weighted by Crippen LogP contribution is 2.49. The van der Waals surface area contributed by atoms with Crippen LogP contribution in [0.5, 0.6) is 17.2 Å². The zero-order valence-electron chi connectivity index (χ0n) is 11.7. The van der Waals surface area contributed by atoms with Crippen molar-refractivity contribution >= 4 is 6.08 Å². The molecule has 0 N–H and O–H groups in total. The van der Waals surface area contributed by atoms with Crippen LogP contribution < -0.4 is 14.2 Å². The highest BCUT2D eigenvalue weighted by atomic mass is 16.5. The average Bonchev–Trinajstić information content (AvgIpc) is 2.37. The number of allylic oxidation sites excluding steroid dienone is 1. The van der Waals surface area contributed by atoms with E-state index < -0.39 is 0 Å². The summed E-state index contributed by atoms with van der Waals surface area (Å²) >= 11 is 0. The third kappa shape index (κ3) is 1.74. The van der Waals surface area contributed by atoms with E-state index in [0.717, 1.165) is 34.8 Å². The minimum absolute atomic E-state index is 0.406. The molecule has 3 nitrogen and oxygen atoms in total.